The second-order valence-electron chi connectivity index (χ2n) is 5.16. The topological polar surface area (TPSA) is 70.4 Å². The quantitative estimate of drug-likeness (QED) is 0.665. The highest BCUT2D eigenvalue weighted by molar-refractivity contribution is 5.96. The van der Waals surface area contributed by atoms with E-state index >= 15 is 0 Å². The number of carbonyl (C=O) groups excluding carboxylic acids is 1. The lowest BCUT2D eigenvalue weighted by atomic mass is 10.1. The lowest BCUT2D eigenvalue weighted by Gasteiger charge is -2.21. The van der Waals surface area contributed by atoms with Gasteiger partial charge in [0.15, 0.2) is 0 Å². The number of hydrogen-bond donors (Lipinski definition) is 3. The van der Waals surface area contributed by atoms with Gasteiger partial charge in [-0.1, -0.05) is 0 Å². The van der Waals surface area contributed by atoms with E-state index in [2.05, 4.69) is 36.4 Å². The second kappa shape index (κ2) is 7.75. The van der Waals surface area contributed by atoms with Crippen molar-refractivity contribution >= 4 is 17.3 Å². The highest BCUT2D eigenvalue weighted by atomic mass is 16.1. The maximum absolute atomic E-state index is 11.7. The second-order valence-corrected chi connectivity index (χ2v) is 5.16. The summed E-state index contributed by atoms with van der Waals surface area (Å²) in [5.74, 6) is -0.0923. The summed E-state index contributed by atoms with van der Waals surface area (Å²) in [6, 6.07) is 5.87. The van der Waals surface area contributed by atoms with Crippen LogP contribution in [0, 0.1) is 0 Å². The Balaban J connectivity index is 2.58. The van der Waals surface area contributed by atoms with Crippen molar-refractivity contribution in [2.45, 2.75) is 26.8 Å². The van der Waals surface area contributed by atoms with E-state index in [4.69, 9.17) is 5.73 Å². The Hall–Kier alpha value is -1.75. The van der Waals surface area contributed by atoms with Crippen molar-refractivity contribution in [2.24, 2.45) is 0 Å². The molecule has 0 radical (unpaired) electrons. The van der Waals surface area contributed by atoms with Crippen LogP contribution >= 0.6 is 0 Å². The van der Waals surface area contributed by atoms with Gasteiger partial charge in [0.2, 0.25) is 0 Å². The molecular weight excluding hydrogens is 252 g/mol. The van der Waals surface area contributed by atoms with Crippen molar-refractivity contribution < 1.29 is 4.79 Å². The van der Waals surface area contributed by atoms with Crippen LogP contribution in [0.1, 0.15) is 31.1 Å². The van der Waals surface area contributed by atoms with E-state index in [1.807, 2.05) is 13.0 Å². The first-order valence-corrected chi connectivity index (χ1v) is 7.07. The normalized spacial score (nSPS) is 10.9. The van der Waals surface area contributed by atoms with Crippen molar-refractivity contribution in [1.82, 2.24) is 10.2 Å². The molecule has 0 heterocycles. The molecule has 0 bridgehead atoms. The minimum Gasteiger partial charge on any atom is -0.397 e. The molecule has 0 unspecified atom stereocenters. The average molecular weight is 278 g/mol. The first-order valence-electron chi connectivity index (χ1n) is 7.07. The molecule has 1 rings (SSSR count). The molecule has 0 aromatic heterocycles. The Morgan fingerprint density at radius 2 is 2.10 bits per heavy atom. The van der Waals surface area contributed by atoms with Crippen LogP contribution in [-0.2, 0) is 0 Å². The molecule has 112 valence electrons. The number of anilines is 2. The number of rotatable bonds is 7. The number of likely N-dealkylation sites (N-methyl/N-ethyl adjacent to an activating group) is 1. The molecule has 5 heteroatoms. The lowest BCUT2D eigenvalue weighted by Crippen LogP contribution is -2.31. The predicted molar refractivity (Wildman–Crippen MR) is 85.1 cm³/mol. The van der Waals surface area contributed by atoms with E-state index in [1.54, 1.807) is 12.1 Å². The number of hydrogen-bond acceptors (Lipinski definition) is 4. The fraction of sp³-hybridized carbons (Fsp3) is 0.533. The van der Waals surface area contributed by atoms with E-state index in [-0.39, 0.29) is 5.91 Å². The average Bonchev–Trinajstić information content (AvgIpc) is 2.40. The highest BCUT2D eigenvalue weighted by Crippen LogP contribution is 2.19. The monoisotopic (exact) mass is 278 g/mol. The first kappa shape index (κ1) is 16.3. The third-order valence-corrected chi connectivity index (χ3v) is 3.31. The van der Waals surface area contributed by atoms with E-state index in [1.165, 1.54) is 0 Å². The molecule has 0 aliphatic heterocycles. The Morgan fingerprint density at radius 1 is 1.40 bits per heavy atom. The van der Waals surface area contributed by atoms with Gasteiger partial charge >= 0.3 is 0 Å². The number of amides is 1. The summed E-state index contributed by atoms with van der Waals surface area (Å²) in [4.78, 5) is 13.9. The smallest absolute Gasteiger partial charge is 0.251 e. The van der Waals surface area contributed by atoms with Crippen molar-refractivity contribution in [3.8, 4) is 0 Å². The Kier molecular flexibility index (Phi) is 6.31. The molecule has 1 aromatic carbocycles. The largest absolute Gasteiger partial charge is 0.397 e. The molecule has 0 fully saturated rings. The minimum absolute atomic E-state index is 0.0923. The first-order chi connectivity index (χ1) is 9.45. The zero-order valence-electron chi connectivity index (χ0n) is 12.9. The van der Waals surface area contributed by atoms with Gasteiger partial charge in [-0.3, -0.25) is 4.79 Å². The van der Waals surface area contributed by atoms with Crippen molar-refractivity contribution in [2.75, 3.05) is 37.7 Å². The van der Waals surface area contributed by atoms with E-state index < -0.39 is 0 Å². The van der Waals surface area contributed by atoms with E-state index in [0.717, 1.165) is 18.8 Å². The number of nitrogens with zero attached hydrogens (tertiary/aromatic N) is 1. The number of nitrogens with one attached hydrogen (secondary N) is 2. The van der Waals surface area contributed by atoms with Gasteiger partial charge in [0, 0.05) is 31.2 Å². The van der Waals surface area contributed by atoms with Gasteiger partial charge in [0.05, 0.1) is 11.4 Å². The predicted octanol–water partition coefficient (Wildman–Crippen LogP) is 1.77. The lowest BCUT2D eigenvalue weighted by molar-refractivity contribution is 0.0956. The van der Waals surface area contributed by atoms with Gasteiger partial charge in [0.1, 0.15) is 0 Å². The van der Waals surface area contributed by atoms with Crippen LogP contribution in [0.3, 0.4) is 0 Å². The van der Waals surface area contributed by atoms with Gasteiger partial charge in [-0.05, 0) is 46.0 Å². The van der Waals surface area contributed by atoms with Crippen LogP contribution in [0.15, 0.2) is 18.2 Å². The maximum Gasteiger partial charge on any atom is 0.251 e. The molecule has 0 aliphatic carbocycles. The molecule has 20 heavy (non-hydrogen) atoms. The van der Waals surface area contributed by atoms with Gasteiger partial charge in [0.25, 0.3) is 5.91 Å². The molecule has 0 aliphatic rings. The van der Waals surface area contributed by atoms with E-state index in [9.17, 15) is 4.79 Å². The van der Waals surface area contributed by atoms with Crippen molar-refractivity contribution in [3.05, 3.63) is 23.8 Å². The molecular formula is C15H26N4O. The fourth-order valence-corrected chi connectivity index (χ4v) is 1.75. The van der Waals surface area contributed by atoms with Crippen LogP contribution in [0.25, 0.3) is 0 Å². The zero-order chi connectivity index (χ0) is 15.1. The van der Waals surface area contributed by atoms with Crippen LogP contribution in [0.5, 0.6) is 0 Å². The third kappa shape index (κ3) is 4.74. The summed E-state index contributed by atoms with van der Waals surface area (Å²) in [5.41, 5.74) is 8.04. The third-order valence-electron chi connectivity index (χ3n) is 3.31. The maximum atomic E-state index is 11.7. The summed E-state index contributed by atoms with van der Waals surface area (Å²) >= 11 is 0. The number of benzene rings is 1. The number of carbonyl (C=O) groups is 1. The fourth-order valence-electron chi connectivity index (χ4n) is 1.75. The standard InChI is InChI=1S/C15H26N4O/c1-5-17-15(20)12-6-7-14(13(16)10-12)18-8-9-19(4)11(2)3/h6-7,10-11,18H,5,8-9,16H2,1-4H3,(H,17,20). The molecule has 1 amide bonds. The van der Waals surface area contributed by atoms with Gasteiger partial charge in [-0.2, -0.15) is 0 Å². The minimum atomic E-state index is -0.0923. The van der Waals surface area contributed by atoms with Crippen LogP contribution in [0.4, 0.5) is 11.4 Å². The molecule has 5 nitrogen and oxygen atoms in total. The van der Waals surface area contributed by atoms with Crippen molar-refractivity contribution in [3.63, 3.8) is 0 Å². The summed E-state index contributed by atoms with van der Waals surface area (Å²) in [5, 5.41) is 6.06. The molecule has 0 atom stereocenters. The van der Waals surface area contributed by atoms with Crippen LogP contribution < -0.4 is 16.4 Å². The summed E-state index contributed by atoms with van der Waals surface area (Å²) in [6.45, 7) is 8.59. The Bertz CT molecular complexity index is 445. The Labute approximate surface area is 121 Å². The van der Waals surface area contributed by atoms with Gasteiger partial charge < -0.3 is 21.3 Å². The zero-order valence-corrected chi connectivity index (χ0v) is 12.9. The highest BCUT2D eigenvalue weighted by Gasteiger charge is 2.07. The van der Waals surface area contributed by atoms with Crippen LogP contribution in [0.2, 0.25) is 0 Å². The summed E-state index contributed by atoms with van der Waals surface area (Å²) < 4.78 is 0. The number of nitrogens with two attached hydrogens (primary N) is 1. The molecule has 0 saturated heterocycles. The molecule has 4 N–H and O–H groups in total. The number of nitrogen functional groups attached to an aromatic ring is 1. The molecule has 1 aromatic rings. The molecule has 0 spiro atoms. The Morgan fingerprint density at radius 3 is 2.65 bits per heavy atom. The van der Waals surface area contributed by atoms with Crippen LogP contribution in [-0.4, -0.2) is 43.5 Å². The summed E-state index contributed by atoms with van der Waals surface area (Å²) in [6.07, 6.45) is 0. The van der Waals surface area contributed by atoms with E-state index in [0.29, 0.717) is 23.8 Å². The molecule has 0 saturated carbocycles. The SMILES string of the molecule is CCNC(=O)c1ccc(NCCN(C)C(C)C)c(N)c1. The van der Waals surface area contributed by atoms with Gasteiger partial charge in [-0.15, -0.1) is 0 Å². The van der Waals surface area contributed by atoms with Crippen molar-refractivity contribution in [1.29, 1.82) is 0 Å². The summed E-state index contributed by atoms with van der Waals surface area (Å²) in [7, 11) is 2.09. The van der Waals surface area contributed by atoms with Gasteiger partial charge in [-0.25, -0.2) is 0 Å².